The van der Waals surface area contributed by atoms with E-state index in [4.69, 9.17) is 4.74 Å². The number of hydrogen-bond acceptors (Lipinski definition) is 3. The molecule has 33 heavy (non-hydrogen) atoms. The standard InChI is InChI=1S/C30H22O3/c31-23-25-18-16-24(17-19-25)20-21-29(33-28-14-8-3-9-15-28)22-30(32,26-10-4-1-5-11-26)27-12-6-2-7-13-27/h1-19,22-23,32H/b29-22-. The van der Waals surface area contributed by atoms with Gasteiger partial charge in [-0.3, -0.25) is 4.79 Å². The molecular weight excluding hydrogens is 408 g/mol. The van der Waals surface area contributed by atoms with Gasteiger partial charge in [0, 0.05) is 17.2 Å². The minimum Gasteiger partial charge on any atom is -0.449 e. The molecule has 0 aliphatic rings. The third-order valence-corrected chi connectivity index (χ3v) is 5.12. The summed E-state index contributed by atoms with van der Waals surface area (Å²) in [5.41, 5.74) is 1.25. The van der Waals surface area contributed by atoms with Crippen molar-refractivity contribution in [3.63, 3.8) is 0 Å². The summed E-state index contributed by atoms with van der Waals surface area (Å²) in [4.78, 5) is 10.9. The summed E-state index contributed by atoms with van der Waals surface area (Å²) in [7, 11) is 0. The summed E-state index contributed by atoms with van der Waals surface area (Å²) >= 11 is 0. The van der Waals surface area contributed by atoms with E-state index >= 15 is 0 Å². The van der Waals surface area contributed by atoms with E-state index in [1.807, 2.05) is 91.0 Å². The fourth-order valence-electron chi connectivity index (χ4n) is 3.39. The van der Waals surface area contributed by atoms with Gasteiger partial charge in [0.2, 0.25) is 0 Å². The second kappa shape index (κ2) is 10.3. The lowest BCUT2D eigenvalue weighted by Gasteiger charge is -2.26. The number of ether oxygens (including phenoxy) is 1. The molecule has 4 aromatic carbocycles. The molecule has 0 atom stereocenters. The van der Waals surface area contributed by atoms with Crippen LogP contribution in [0.1, 0.15) is 27.0 Å². The van der Waals surface area contributed by atoms with Crippen molar-refractivity contribution in [1.29, 1.82) is 0 Å². The van der Waals surface area contributed by atoms with E-state index in [1.165, 1.54) is 0 Å². The molecule has 0 radical (unpaired) electrons. The van der Waals surface area contributed by atoms with E-state index in [1.54, 1.807) is 30.3 Å². The number of carbonyl (C=O) groups is 1. The third-order valence-electron chi connectivity index (χ3n) is 5.12. The fraction of sp³-hybridized carbons (Fsp3) is 0.0333. The van der Waals surface area contributed by atoms with Crippen molar-refractivity contribution < 1.29 is 14.6 Å². The Balaban J connectivity index is 1.82. The fourth-order valence-corrected chi connectivity index (χ4v) is 3.39. The maximum absolute atomic E-state index is 11.9. The first kappa shape index (κ1) is 21.8. The smallest absolute Gasteiger partial charge is 0.177 e. The Morgan fingerprint density at radius 1 is 0.727 bits per heavy atom. The molecule has 4 rings (SSSR count). The van der Waals surface area contributed by atoms with Crippen molar-refractivity contribution >= 4 is 6.29 Å². The molecule has 0 spiro atoms. The van der Waals surface area contributed by atoms with Crippen molar-refractivity contribution in [2.24, 2.45) is 0 Å². The zero-order chi connectivity index (χ0) is 22.9. The number of aliphatic hydroxyl groups is 1. The highest BCUT2D eigenvalue weighted by molar-refractivity contribution is 5.74. The van der Waals surface area contributed by atoms with Crippen LogP contribution in [0.4, 0.5) is 0 Å². The Morgan fingerprint density at radius 2 is 1.24 bits per heavy atom. The summed E-state index contributed by atoms with van der Waals surface area (Å²) in [5.74, 6) is 7.04. The summed E-state index contributed by atoms with van der Waals surface area (Å²) in [6.45, 7) is 0. The number of hydrogen-bond donors (Lipinski definition) is 1. The predicted octanol–water partition coefficient (Wildman–Crippen LogP) is 5.75. The zero-order valence-electron chi connectivity index (χ0n) is 17.9. The van der Waals surface area contributed by atoms with Crippen LogP contribution >= 0.6 is 0 Å². The average Bonchev–Trinajstić information content (AvgIpc) is 2.89. The molecule has 4 aromatic rings. The minimum atomic E-state index is -1.46. The monoisotopic (exact) mass is 430 g/mol. The molecule has 0 unspecified atom stereocenters. The van der Waals surface area contributed by atoms with E-state index in [9.17, 15) is 9.90 Å². The third kappa shape index (κ3) is 5.46. The van der Waals surface area contributed by atoms with Crippen LogP contribution in [0.2, 0.25) is 0 Å². The van der Waals surface area contributed by atoms with Gasteiger partial charge >= 0.3 is 0 Å². The SMILES string of the molecule is O=Cc1ccc(C#C/C(=C/C(O)(c2ccccc2)c2ccccc2)Oc2ccccc2)cc1. The lowest BCUT2D eigenvalue weighted by Crippen LogP contribution is -2.25. The average molecular weight is 431 g/mol. The summed E-state index contributed by atoms with van der Waals surface area (Å²) in [5, 5.41) is 11.9. The van der Waals surface area contributed by atoms with Crippen LogP contribution in [0.3, 0.4) is 0 Å². The number of rotatable bonds is 6. The first-order valence-corrected chi connectivity index (χ1v) is 10.5. The van der Waals surface area contributed by atoms with E-state index in [2.05, 4.69) is 11.8 Å². The number of aldehydes is 1. The molecule has 0 saturated heterocycles. The summed E-state index contributed by atoms with van der Waals surface area (Å²) < 4.78 is 6.09. The number of carbonyl (C=O) groups excluding carboxylic acids is 1. The molecule has 3 nitrogen and oxygen atoms in total. The van der Waals surface area contributed by atoms with Gasteiger partial charge in [-0.2, -0.15) is 0 Å². The van der Waals surface area contributed by atoms with Crippen LogP contribution in [0.15, 0.2) is 127 Å². The molecule has 0 aliphatic heterocycles. The van der Waals surface area contributed by atoms with E-state index < -0.39 is 5.60 Å². The number of para-hydroxylation sites is 1. The maximum Gasteiger partial charge on any atom is 0.177 e. The highest BCUT2D eigenvalue weighted by Crippen LogP contribution is 2.32. The van der Waals surface area contributed by atoms with Gasteiger partial charge in [0.05, 0.1) is 0 Å². The molecule has 0 saturated carbocycles. The zero-order valence-corrected chi connectivity index (χ0v) is 17.9. The topological polar surface area (TPSA) is 46.5 Å². The van der Waals surface area contributed by atoms with E-state index in [0.717, 1.165) is 11.8 Å². The van der Waals surface area contributed by atoms with Gasteiger partial charge in [0.15, 0.2) is 5.76 Å². The number of allylic oxidation sites excluding steroid dienone is 1. The first-order chi connectivity index (χ1) is 16.2. The first-order valence-electron chi connectivity index (χ1n) is 10.5. The van der Waals surface area contributed by atoms with Crippen LogP contribution in [-0.4, -0.2) is 11.4 Å². The van der Waals surface area contributed by atoms with Crippen LogP contribution in [0, 0.1) is 11.8 Å². The van der Waals surface area contributed by atoms with Crippen molar-refractivity contribution in [1.82, 2.24) is 0 Å². The van der Waals surface area contributed by atoms with Crippen molar-refractivity contribution in [2.75, 3.05) is 0 Å². The van der Waals surface area contributed by atoms with Crippen LogP contribution < -0.4 is 4.74 Å². The van der Waals surface area contributed by atoms with E-state index in [-0.39, 0.29) is 0 Å². The van der Waals surface area contributed by atoms with Gasteiger partial charge in [-0.25, -0.2) is 0 Å². The van der Waals surface area contributed by atoms with Crippen molar-refractivity contribution in [2.45, 2.75) is 5.60 Å². The Bertz CT molecular complexity index is 1240. The van der Waals surface area contributed by atoms with Crippen LogP contribution in [0.5, 0.6) is 5.75 Å². The molecule has 3 heteroatoms. The largest absolute Gasteiger partial charge is 0.449 e. The Labute approximate surface area is 193 Å². The van der Waals surface area contributed by atoms with Gasteiger partial charge in [-0.05, 0) is 41.3 Å². The normalized spacial score (nSPS) is 11.2. The van der Waals surface area contributed by atoms with Gasteiger partial charge < -0.3 is 9.84 Å². The lowest BCUT2D eigenvalue weighted by atomic mass is 9.85. The second-order valence-electron chi connectivity index (χ2n) is 7.41. The second-order valence-corrected chi connectivity index (χ2v) is 7.41. The molecule has 1 N–H and O–H groups in total. The molecule has 0 amide bonds. The quantitative estimate of drug-likeness (QED) is 0.241. The van der Waals surface area contributed by atoms with Gasteiger partial charge in [0.25, 0.3) is 0 Å². The molecule has 0 aromatic heterocycles. The van der Waals surface area contributed by atoms with Gasteiger partial charge in [-0.15, -0.1) is 0 Å². The Hall–Kier alpha value is -4.39. The van der Waals surface area contributed by atoms with Gasteiger partial charge in [-0.1, -0.05) is 96.9 Å². The molecule has 160 valence electrons. The Morgan fingerprint density at radius 3 is 1.76 bits per heavy atom. The lowest BCUT2D eigenvalue weighted by molar-refractivity contribution is 0.112. The van der Waals surface area contributed by atoms with Crippen molar-refractivity contribution in [3.8, 4) is 17.6 Å². The predicted molar refractivity (Wildman–Crippen MR) is 130 cm³/mol. The molecule has 0 heterocycles. The number of benzene rings is 4. The van der Waals surface area contributed by atoms with E-state index in [0.29, 0.717) is 28.2 Å². The van der Waals surface area contributed by atoms with Crippen molar-refractivity contribution in [3.05, 3.63) is 149 Å². The summed E-state index contributed by atoms with van der Waals surface area (Å²) in [6, 6.07) is 35.1. The highest BCUT2D eigenvalue weighted by atomic mass is 16.5. The van der Waals surface area contributed by atoms with Crippen LogP contribution in [-0.2, 0) is 5.60 Å². The molecule has 0 fully saturated rings. The molecule has 0 aliphatic carbocycles. The maximum atomic E-state index is 11.9. The van der Waals surface area contributed by atoms with Gasteiger partial charge in [0.1, 0.15) is 17.6 Å². The minimum absolute atomic E-state index is 0.302. The highest BCUT2D eigenvalue weighted by Gasteiger charge is 2.30. The van der Waals surface area contributed by atoms with Crippen LogP contribution in [0.25, 0.3) is 0 Å². The molecule has 0 bridgehead atoms. The summed E-state index contributed by atoms with van der Waals surface area (Å²) in [6.07, 6.45) is 2.43. The Kier molecular flexibility index (Phi) is 6.80. The molecular formula is C30H22O3.